The summed E-state index contributed by atoms with van der Waals surface area (Å²) < 4.78 is 2.77. The number of rotatable bonds is 6. The van der Waals surface area contributed by atoms with E-state index in [0.29, 0.717) is 6.42 Å². The third-order valence-corrected chi connectivity index (χ3v) is 2.96. The van der Waals surface area contributed by atoms with Crippen LogP contribution >= 0.6 is 22.9 Å². The lowest BCUT2D eigenvalue weighted by Crippen LogP contribution is -2.33. The summed E-state index contributed by atoms with van der Waals surface area (Å²) >= 11 is 1.85. The lowest BCUT2D eigenvalue weighted by molar-refractivity contribution is -0.384. The minimum absolute atomic E-state index is 0.0195. The smallest absolute Gasteiger partial charge is 0.269 e. The molecule has 90 valence electrons. The lowest BCUT2D eigenvalue weighted by Gasteiger charge is -2.10. The molecule has 0 heterocycles. The van der Waals surface area contributed by atoms with Crippen LogP contribution in [-0.4, -0.2) is 23.0 Å². The van der Waals surface area contributed by atoms with E-state index < -0.39 is 11.0 Å². The molecule has 1 rings (SSSR count). The molecule has 0 radical (unpaired) electrons. The molecular formula is C10H10IN3O3. The summed E-state index contributed by atoms with van der Waals surface area (Å²) in [5.74, 6) is -0.322. The van der Waals surface area contributed by atoms with Gasteiger partial charge >= 0.3 is 0 Å². The second-order valence-corrected chi connectivity index (χ2v) is 3.96. The van der Waals surface area contributed by atoms with Crippen molar-refractivity contribution in [2.24, 2.45) is 0 Å². The molecule has 0 saturated heterocycles. The molecule has 0 spiro atoms. The maximum absolute atomic E-state index is 11.3. The van der Waals surface area contributed by atoms with Crippen LogP contribution in [0.4, 0.5) is 5.69 Å². The van der Waals surface area contributed by atoms with Crippen LogP contribution in [0.25, 0.3) is 0 Å². The Morgan fingerprint density at radius 2 is 2.12 bits per heavy atom. The van der Waals surface area contributed by atoms with Crippen LogP contribution in [0.1, 0.15) is 5.56 Å². The Morgan fingerprint density at radius 3 is 2.53 bits per heavy atom. The predicted molar refractivity (Wildman–Crippen MR) is 71.5 cm³/mol. The highest BCUT2D eigenvalue weighted by Crippen LogP contribution is 2.13. The van der Waals surface area contributed by atoms with Gasteiger partial charge in [0.05, 0.1) is 17.2 Å². The van der Waals surface area contributed by atoms with E-state index in [1.165, 1.54) is 12.1 Å². The zero-order valence-corrected chi connectivity index (χ0v) is 10.9. The molecule has 0 saturated carbocycles. The van der Waals surface area contributed by atoms with Crippen LogP contribution in [0, 0.1) is 15.5 Å². The minimum atomic E-state index is -0.477. The Labute approximate surface area is 112 Å². The van der Waals surface area contributed by atoms with Gasteiger partial charge < -0.3 is 5.41 Å². The highest BCUT2D eigenvalue weighted by molar-refractivity contribution is 14.1. The Balaban J connectivity index is 2.77. The van der Waals surface area contributed by atoms with Gasteiger partial charge in [-0.15, -0.1) is 0 Å². The summed E-state index contributed by atoms with van der Waals surface area (Å²) in [6.07, 6.45) is 1.16. The van der Waals surface area contributed by atoms with Crippen molar-refractivity contribution in [1.29, 1.82) is 5.41 Å². The van der Waals surface area contributed by atoms with Crippen LogP contribution < -0.4 is 3.53 Å². The first kappa shape index (κ1) is 13.7. The maximum Gasteiger partial charge on any atom is 0.269 e. The van der Waals surface area contributed by atoms with Gasteiger partial charge in [-0.2, -0.15) is 0 Å². The van der Waals surface area contributed by atoms with Gasteiger partial charge in [0.25, 0.3) is 5.69 Å². The van der Waals surface area contributed by atoms with E-state index in [1.54, 1.807) is 12.1 Å². The number of nitro benzene ring substituents is 1. The topological polar surface area (TPSA) is 96.1 Å². The molecule has 1 atom stereocenters. The van der Waals surface area contributed by atoms with Gasteiger partial charge in [-0.05, 0) is 12.0 Å². The number of nitro groups is 1. The van der Waals surface area contributed by atoms with Crippen molar-refractivity contribution in [2.75, 3.05) is 0 Å². The number of ketones is 1. The molecule has 0 unspecified atom stereocenters. The number of hydrogen-bond acceptors (Lipinski definition) is 5. The SMILES string of the molecule is N=CC(=O)[C@H](Cc1ccc([N+](=O)[O-])cc1)NI. The van der Waals surface area contributed by atoms with Gasteiger partial charge in [0.15, 0.2) is 5.78 Å². The number of nitrogens with one attached hydrogen (secondary N) is 2. The van der Waals surface area contributed by atoms with Crippen molar-refractivity contribution in [3.63, 3.8) is 0 Å². The summed E-state index contributed by atoms with van der Waals surface area (Å²) in [6, 6.07) is 5.53. The first-order valence-electron chi connectivity index (χ1n) is 4.72. The molecule has 1 aromatic carbocycles. The van der Waals surface area contributed by atoms with Gasteiger partial charge in [-0.25, -0.2) is 3.53 Å². The Bertz CT molecular complexity index is 433. The number of non-ortho nitro benzene ring substituents is 1. The van der Waals surface area contributed by atoms with Gasteiger partial charge in [0.2, 0.25) is 0 Å². The zero-order chi connectivity index (χ0) is 12.8. The molecular weight excluding hydrogens is 337 g/mol. The quantitative estimate of drug-likeness (QED) is 0.269. The number of halogens is 1. The van der Waals surface area contributed by atoms with Crippen LogP contribution in [0.15, 0.2) is 24.3 Å². The van der Waals surface area contributed by atoms with Crippen LogP contribution in [0.2, 0.25) is 0 Å². The van der Waals surface area contributed by atoms with Gasteiger partial charge in [-0.1, -0.05) is 12.1 Å². The molecule has 0 fully saturated rings. The highest BCUT2D eigenvalue weighted by Gasteiger charge is 2.15. The monoisotopic (exact) mass is 347 g/mol. The molecule has 0 aromatic heterocycles. The van der Waals surface area contributed by atoms with E-state index in [-0.39, 0.29) is 11.5 Å². The fourth-order valence-electron chi connectivity index (χ4n) is 1.28. The summed E-state index contributed by atoms with van der Waals surface area (Å²) in [5, 5.41) is 17.3. The van der Waals surface area contributed by atoms with Crippen molar-refractivity contribution in [3.8, 4) is 0 Å². The second-order valence-electron chi connectivity index (χ2n) is 3.34. The van der Waals surface area contributed by atoms with Gasteiger partial charge in [-0.3, -0.25) is 14.9 Å². The van der Waals surface area contributed by atoms with E-state index in [2.05, 4.69) is 3.53 Å². The van der Waals surface area contributed by atoms with E-state index in [4.69, 9.17) is 5.41 Å². The molecule has 6 nitrogen and oxygen atoms in total. The van der Waals surface area contributed by atoms with Crippen molar-refractivity contribution < 1.29 is 9.72 Å². The Hall–Kier alpha value is -1.35. The molecule has 2 N–H and O–H groups in total. The molecule has 0 aliphatic carbocycles. The number of benzene rings is 1. The lowest BCUT2D eigenvalue weighted by atomic mass is 10.0. The first-order valence-corrected chi connectivity index (χ1v) is 5.80. The summed E-state index contributed by atoms with van der Waals surface area (Å²) in [7, 11) is 0. The number of Topliss-reactive ketones (excluding diaryl/α,β-unsaturated/α-hetero) is 1. The fourth-order valence-corrected chi connectivity index (χ4v) is 1.81. The van der Waals surface area contributed by atoms with E-state index in [0.717, 1.165) is 11.8 Å². The van der Waals surface area contributed by atoms with E-state index in [9.17, 15) is 14.9 Å². The Morgan fingerprint density at radius 1 is 1.53 bits per heavy atom. The third kappa shape index (κ3) is 3.86. The molecule has 0 aliphatic heterocycles. The van der Waals surface area contributed by atoms with E-state index >= 15 is 0 Å². The number of carbonyl (C=O) groups excluding carboxylic acids is 1. The molecule has 17 heavy (non-hydrogen) atoms. The van der Waals surface area contributed by atoms with E-state index in [1.807, 2.05) is 22.9 Å². The largest absolute Gasteiger partial charge is 0.305 e. The van der Waals surface area contributed by atoms with Crippen LogP contribution in [0.5, 0.6) is 0 Å². The van der Waals surface area contributed by atoms with Crippen LogP contribution in [0.3, 0.4) is 0 Å². The van der Waals surface area contributed by atoms with Crippen LogP contribution in [-0.2, 0) is 11.2 Å². The zero-order valence-electron chi connectivity index (χ0n) is 8.72. The average Bonchev–Trinajstić information content (AvgIpc) is 2.35. The molecule has 7 heteroatoms. The summed E-state index contributed by atoms with van der Waals surface area (Å²) in [5.41, 5.74) is 0.825. The minimum Gasteiger partial charge on any atom is -0.305 e. The summed E-state index contributed by atoms with van der Waals surface area (Å²) in [6.45, 7) is 0. The molecule has 0 aliphatic rings. The normalized spacial score (nSPS) is 11.8. The predicted octanol–water partition coefficient (Wildman–Crippen LogP) is 1.66. The molecule has 1 aromatic rings. The number of carbonyl (C=O) groups is 1. The standard InChI is InChI=1S/C10H10IN3O3/c11-13-9(10(15)6-12)5-7-1-3-8(4-2-7)14(16)17/h1-4,6,9,12-13H,5H2/t9-/m0/s1. The first-order chi connectivity index (χ1) is 8.08. The van der Waals surface area contributed by atoms with Crippen molar-refractivity contribution >= 4 is 40.5 Å². The van der Waals surface area contributed by atoms with Crippen molar-refractivity contribution in [3.05, 3.63) is 39.9 Å². The van der Waals surface area contributed by atoms with Crippen molar-refractivity contribution in [1.82, 2.24) is 3.53 Å². The maximum atomic E-state index is 11.3. The average molecular weight is 347 g/mol. The highest BCUT2D eigenvalue weighted by atomic mass is 127. The molecule has 0 amide bonds. The number of hydrogen-bond donors (Lipinski definition) is 2. The number of nitrogens with zero attached hydrogens (tertiary/aromatic N) is 1. The van der Waals surface area contributed by atoms with Gasteiger partial charge in [0.1, 0.15) is 0 Å². The van der Waals surface area contributed by atoms with Crippen molar-refractivity contribution in [2.45, 2.75) is 12.5 Å². The van der Waals surface area contributed by atoms with Gasteiger partial charge in [0, 0.05) is 35.0 Å². The molecule has 0 bridgehead atoms. The summed E-state index contributed by atoms with van der Waals surface area (Å²) in [4.78, 5) is 21.3. The third-order valence-electron chi connectivity index (χ3n) is 2.20. The fraction of sp³-hybridized carbons (Fsp3) is 0.200. The Kier molecular flexibility index (Phi) is 5.16. The second kappa shape index (κ2) is 6.40.